The average molecular weight is 218 g/mol. The number of rotatable bonds is 2. The fourth-order valence-corrected chi connectivity index (χ4v) is 0.987. The standard InChI is InChI=1S/C6H5F3N6/c7-6(8,9)3-11-4-1-10-2-5-12-13-14-15(4)5/h1-2,11H,3H2. The molecule has 0 atom stereocenters. The summed E-state index contributed by atoms with van der Waals surface area (Å²) in [6.07, 6.45) is -1.73. The van der Waals surface area contributed by atoms with Gasteiger partial charge in [-0.1, -0.05) is 0 Å². The average Bonchev–Trinajstić information content (AvgIpc) is 2.61. The number of nitrogens with zero attached hydrogens (tertiary/aromatic N) is 5. The molecule has 0 aliphatic heterocycles. The molecule has 0 amide bonds. The Labute approximate surface area is 81.1 Å². The number of alkyl halides is 3. The van der Waals surface area contributed by atoms with E-state index in [1.807, 2.05) is 0 Å². The molecule has 2 aromatic heterocycles. The Morgan fingerprint density at radius 2 is 2.13 bits per heavy atom. The zero-order valence-electron chi connectivity index (χ0n) is 7.23. The van der Waals surface area contributed by atoms with Crippen molar-refractivity contribution in [3.63, 3.8) is 0 Å². The summed E-state index contributed by atoms with van der Waals surface area (Å²) in [6, 6.07) is 0. The minimum Gasteiger partial charge on any atom is -0.360 e. The van der Waals surface area contributed by atoms with Crippen molar-refractivity contribution in [3.8, 4) is 0 Å². The zero-order valence-corrected chi connectivity index (χ0v) is 7.23. The smallest absolute Gasteiger partial charge is 0.360 e. The van der Waals surface area contributed by atoms with E-state index in [0.29, 0.717) is 0 Å². The molecule has 2 aromatic rings. The van der Waals surface area contributed by atoms with Gasteiger partial charge in [-0.3, -0.25) is 4.98 Å². The maximum Gasteiger partial charge on any atom is 0.405 e. The molecule has 0 unspecified atom stereocenters. The van der Waals surface area contributed by atoms with E-state index >= 15 is 0 Å². The molecule has 80 valence electrons. The van der Waals surface area contributed by atoms with Gasteiger partial charge in [0.1, 0.15) is 6.54 Å². The summed E-state index contributed by atoms with van der Waals surface area (Å²) >= 11 is 0. The topological polar surface area (TPSA) is 68.0 Å². The lowest BCUT2D eigenvalue weighted by molar-refractivity contribution is -0.115. The van der Waals surface area contributed by atoms with Gasteiger partial charge in [0.05, 0.1) is 12.4 Å². The van der Waals surface area contributed by atoms with E-state index < -0.39 is 12.7 Å². The highest BCUT2D eigenvalue weighted by Crippen LogP contribution is 2.15. The van der Waals surface area contributed by atoms with Crippen LogP contribution in [0.15, 0.2) is 12.4 Å². The highest BCUT2D eigenvalue weighted by atomic mass is 19.4. The lowest BCUT2D eigenvalue weighted by atomic mass is 10.5. The molecule has 6 nitrogen and oxygen atoms in total. The second kappa shape index (κ2) is 3.33. The van der Waals surface area contributed by atoms with E-state index in [0.717, 1.165) is 4.52 Å². The highest BCUT2D eigenvalue weighted by Gasteiger charge is 2.27. The minimum atomic E-state index is -4.30. The summed E-state index contributed by atoms with van der Waals surface area (Å²) in [7, 11) is 0. The van der Waals surface area contributed by atoms with Crippen molar-refractivity contribution in [3.05, 3.63) is 12.4 Å². The number of aromatic nitrogens is 5. The molecule has 9 heteroatoms. The van der Waals surface area contributed by atoms with Crippen LogP contribution in [0.25, 0.3) is 5.65 Å². The van der Waals surface area contributed by atoms with Crippen LogP contribution in [-0.4, -0.2) is 37.7 Å². The monoisotopic (exact) mass is 218 g/mol. The van der Waals surface area contributed by atoms with Crippen LogP contribution in [0.3, 0.4) is 0 Å². The molecule has 0 fully saturated rings. The van der Waals surface area contributed by atoms with Crippen molar-refractivity contribution in [2.75, 3.05) is 11.9 Å². The number of hydrogen-bond donors (Lipinski definition) is 1. The van der Waals surface area contributed by atoms with Gasteiger partial charge in [-0.2, -0.15) is 17.7 Å². The van der Waals surface area contributed by atoms with Crippen molar-refractivity contribution < 1.29 is 13.2 Å². The molecule has 0 spiro atoms. The summed E-state index contributed by atoms with van der Waals surface area (Å²) < 4.78 is 36.9. The molecular formula is C6H5F3N6. The molecule has 0 aliphatic carbocycles. The van der Waals surface area contributed by atoms with Crippen LogP contribution in [0.4, 0.5) is 19.0 Å². The van der Waals surface area contributed by atoms with E-state index in [4.69, 9.17) is 0 Å². The molecular weight excluding hydrogens is 213 g/mol. The summed E-state index contributed by atoms with van der Waals surface area (Å²) in [5.41, 5.74) is 0.280. The molecule has 1 N–H and O–H groups in total. The van der Waals surface area contributed by atoms with Crippen LogP contribution in [-0.2, 0) is 0 Å². The van der Waals surface area contributed by atoms with E-state index in [9.17, 15) is 13.2 Å². The molecule has 0 bridgehead atoms. The van der Waals surface area contributed by atoms with Crippen LogP contribution < -0.4 is 5.32 Å². The Hall–Kier alpha value is -1.93. The van der Waals surface area contributed by atoms with Gasteiger partial charge < -0.3 is 5.32 Å². The SMILES string of the molecule is FC(F)(F)CNc1cncc2nnnn12. The zero-order chi connectivity index (χ0) is 10.9. The van der Waals surface area contributed by atoms with E-state index in [1.54, 1.807) is 0 Å². The predicted molar refractivity (Wildman–Crippen MR) is 43.1 cm³/mol. The van der Waals surface area contributed by atoms with E-state index in [1.165, 1.54) is 12.4 Å². The van der Waals surface area contributed by atoms with Crippen molar-refractivity contribution in [2.45, 2.75) is 6.18 Å². The number of hydrogen-bond acceptors (Lipinski definition) is 5. The minimum absolute atomic E-state index is 0.0924. The van der Waals surface area contributed by atoms with Crippen molar-refractivity contribution in [1.29, 1.82) is 0 Å². The van der Waals surface area contributed by atoms with Crippen LogP contribution in [0, 0.1) is 0 Å². The quantitative estimate of drug-likeness (QED) is 0.794. The molecule has 2 rings (SSSR count). The first-order valence-corrected chi connectivity index (χ1v) is 3.89. The van der Waals surface area contributed by atoms with Crippen LogP contribution in [0.2, 0.25) is 0 Å². The number of nitrogens with one attached hydrogen (secondary N) is 1. The first kappa shape index (κ1) is 9.62. The summed E-state index contributed by atoms with van der Waals surface area (Å²) in [6.45, 7) is -1.16. The van der Waals surface area contributed by atoms with Gasteiger partial charge in [0.2, 0.25) is 0 Å². The third-order valence-electron chi connectivity index (χ3n) is 1.58. The van der Waals surface area contributed by atoms with Crippen LogP contribution >= 0.6 is 0 Å². The summed E-state index contributed by atoms with van der Waals surface area (Å²) in [5, 5.41) is 12.5. The number of anilines is 1. The summed E-state index contributed by atoms with van der Waals surface area (Å²) in [5.74, 6) is 0.0924. The third-order valence-corrected chi connectivity index (χ3v) is 1.58. The number of halogens is 3. The fourth-order valence-electron chi connectivity index (χ4n) is 0.987. The van der Waals surface area contributed by atoms with Crippen molar-refractivity contribution >= 4 is 11.5 Å². The Balaban J connectivity index is 2.24. The molecule has 2 heterocycles. The highest BCUT2D eigenvalue weighted by molar-refractivity contribution is 5.43. The van der Waals surface area contributed by atoms with Gasteiger partial charge in [0.15, 0.2) is 11.5 Å². The van der Waals surface area contributed by atoms with Gasteiger partial charge in [0.25, 0.3) is 0 Å². The van der Waals surface area contributed by atoms with Crippen molar-refractivity contribution in [1.82, 2.24) is 25.0 Å². The van der Waals surface area contributed by atoms with E-state index in [-0.39, 0.29) is 11.5 Å². The molecule has 0 radical (unpaired) electrons. The number of tetrazole rings is 1. The van der Waals surface area contributed by atoms with Gasteiger partial charge in [-0.05, 0) is 10.4 Å². The summed E-state index contributed by atoms with van der Waals surface area (Å²) in [4.78, 5) is 3.69. The van der Waals surface area contributed by atoms with Crippen LogP contribution in [0.1, 0.15) is 0 Å². The Morgan fingerprint density at radius 3 is 2.87 bits per heavy atom. The van der Waals surface area contributed by atoms with E-state index in [2.05, 4.69) is 25.8 Å². The van der Waals surface area contributed by atoms with Crippen LogP contribution in [0.5, 0.6) is 0 Å². The molecule has 0 saturated heterocycles. The molecule has 15 heavy (non-hydrogen) atoms. The van der Waals surface area contributed by atoms with Gasteiger partial charge in [-0.15, -0.1) is 5.10 Å². The molecule has 0 aliphatic rings. The van der Waals surface area contributed by atoms with Gasteiger partial charge in [-0.25, -0.2) is 0 Å². The number of fused-ring (bicyclic) bond motifs is 1. The Kier molecular flexibility index (Phi) is 2.14. The second-order valence-corrected chi connectivity index (χ2v) is 2.71. The van der Waals surface area contributed by atoms with Crippen molar-refractivity contribution in [2.24, 2.45) is 0 Å². The molecule has 0 aromatic carbocycles. The Bertz CT molecular complexity index is 463. The predicted octanol–water partition coefficient (Wildman–Crippen LogP) is 0.493. The first-order valence-electron chi connectivity index (χ1n) is 3.89. The molecule has 0 saturated carbocycles. The maximum absolute atomic E-state index is 11.9. The fraction of sp³-hybridized carbons (Fsp3) is 0.333. The normalized spacial score (nSPS) is 11.9. The lowest BCUT2D eigenvalue weighted by Crippen LogP contribution is -2.22. The largest absolute Gasteiger partial charge is 0.405 e. The maximum atomic E-state index is 11.9. The first-order chi connectivity index (χ1) is 7.06. The second-order valence-electron chi connectivity index (χ2n) is 2.71. The lowest BCUT2D eigenvalue weighted by Gasteiger charge is -2.08. The van der Waals surface area contributed by atoms with Gasteiger partial charge in [0, 0.05) is 0 Å². The Morgan fingerprint density at radius 1 is 1.33 bits per heavy atom. The van der Waals surface area contributed by atoms with Gasteiger partial charge >= 0.3 is 6.18 Å². The third kappa shape index (κ3) is 2.11.